The normalized spacial score (nSPS) is 10.9. The summed E-state index contributed by atoms with van der Waals surface area (Å²) in [5, 5.41) is 5.12. The van der Waals surface area contributed by atoms with Gasteiger partial charge in [0, 0.05) is 28.7 Å². The molecule has 2 N–H and O–H groups in total. The number of anilines is 1. The molecule has 0 saturated heterocycles. The molecule has 0 aliphatic carbocycles. The molecule has 0 atom stereocenters. The molecule has 5 heteroatoms. The van der Waals surface area contributed by atoms with Gasteiger partial charge in [-0.2, -0.15) is 0 Å². The second kappa shape index (κ2) is 6.34. The van der Waals surface area contributed by atoms with Crippen molar-refractivity contribution < 1.29 is 0 Å². The number of fused-ring (bicyclic) bond motifs is 1. The zero-order valence-electron chi connectivity index (χ0n) is 12.8. The Morgan fingerprint density at radius 3 is 2.71 bits per heavy atom. The SMILES string of the molecule is Clc1ccccc1CNc1nccc(-c2cc3ccccc3[nH]2)n1. The van der Waals surface area contributed by atoms with Crippen molar-refractivity contribution >= 4 is 28.5 Å². The number of aromatic amines is 1. The van der Waals surface area contributed by atoms with Gasteiger partial charge in [0.25, 0.3) is 0 Å². The predicted octanol–water partition coefficient (Wildman–Crippen LogP) is 4.89. The van der Waals surface area contributed by atoms with E-state index in [2.05, 4.69) is 38.5 Å². The van der Waals surface area contributed by atoms with Crippen LogP contribution in [-0.4, -0.2) is 15.0 Å². The van der Waals surface area contributed by atoms with Crippen molar-refractivity contribution in [3.05, 3.63) is 77.4 Å². The molecular weight excluding hydrogens is 320 g/mol. The van der Waals surface area contributed by atoms with Crippen LogP contribution in [0.4, 0.5) is 5.95 Å². The summed E-state index contributed by atoms with van der Waals surface area (Å²) < 4.78 is 0. The Labute approximate surface area is 144 Å². The van der Waals surface area contributed by atoms with Crippen LogP contribution in [0.1, 0.15) is 5.56 Å². The van der Waals surface area contributed by atoms with Gasteiger partial charge in [0.2, 0.25) is 5.95 Å². The summed E-state index contributed by atoms with van der Waals surface area (Å²) in [6, 6.07) is 19.9. The number of halogens is 1. The van der Waals surface area contributed by atoms with Gasteiger partial charge >= 0.3 is 0 Å². The van der Waals surface area contributed by atoms with E-state index >= 15 is 0 Å². The first-order chi connectivity index (χ1) is 11.8. The minimum Gasteiger partial charge on any atom is -0.353 e. The van der Waals surface area contributed by atoms with Gasteiger partial charge < -0.3 is 10.3 Å². The van der Waals surface area contributed by atoms with Crippen LogP contribution in [0.25, 0.3) is 22.3 Å². The third-order valence-electron chi connectivity index (χ3n) is 3.86. The summed E-state index contributed by atoms with van der Waals surface area (Å²) in [4.78, 5) is 12.3. The fraction of sp³-hybridized carbons (Fsp3) is 0.0526. The van der Waals surface area contributed by atoms with Crippen LogP contribution >= 0.6 is 11.6 Å². The highest BCUT2D eigenvalue weighted by Crippen LogP contribution is 2.23. The van der Waals surface area contributed by atoms with Gasteiger partial charge in [-0.05, 0) is 29.8 Å². The first-order valence-corrected chi connectivity index (χ1v) is 8.06. The largest absolute Gasteiger partial charge is 0.353 e. The molecule has 0 radical (unpaired) electrons. The monoisotopic (exact) mass is 334 g/mol. The minimum absolute atomic E-state index is 0.575. The lowest BCUT2D eigenvalue weighted by atomic mass is 10.2. The molecule has 2 heterocycles. The van der Waals surface area contributed by atoms with Crippen molar-refractivity contribution in [3.63, 3.8) is 0 Å². The summed E-state index contributed by atoms with van der Waals surface area (Å²) in [7, 11) is 0. The number of hydrogen-bond donors (Lipinski definition) is 2. The molecule has 2 aromatic carbocycles. The highest BCUT2D eigenvalue weighted by molar-refractivity contribution is 6.31. The van der Waals surface area contributed by atoms with Crippen molar-refractivity contribution in [2.45, 2.75) is 6.54 Å². The lowest BCUT2D eigenvalue weighted by molar-refractivity contribution is 1.05. The molecule has 0 saturated carbocycles. The lowest BCUT2D eigenvalue weighted by Gasteiger charge is -2.07. The maximum absolute atomic E-state index is 6.18. The van der Waals surface area contributed by atoms with Crippen molar-refractivity contribution in [2.24, 2.45) is 0 Å². The highest BCUT2D eigenvalue weighted by atomic mass is 35.5. The molecule has 0 amide bonds. The topological polar surface area (TPSA) is 53.6 Å². The third kappa shape index (κ3) is 2.96. The average Bonchev–Trinajstić information content (AvgIpc) is 3.06. The summed E-state index contributed by atoms with van der Waals surface area (Å²) in [5.41, 5.74) is 3.93. The number of H-pyrrole nitrogens is 1. The Morgan fingerprint density at radius 1 is 1.00 bits per heavy atom. The molecule has 0 aliphatic heterocycles. The summed E-state index contributed by atoms with van der Waals surface area (Å²) in [6.07, 6.45) is 1.75. The van der Waals surface area contributed by atoms with E-state index in [1.165, 1.54) is 0 Å². The first kappa shape index (κ1) is 14.7. The molecule has 4 rings (SSSR count). The molecule has 118 valence electrons. The average molecular weight is 335 g/mol. The van der Waals surface area contributed by atoms with Crippen LogP contribution in [0, 0.1) is 0 Å². The second-order valence-corrected chi connectivity index (χ2v) is 5.89. The quantitative estimate of drug-likeness (QED) is 0.558. The summed E-state index contributed by atoms with van der Waals surface area (Å²) in [6.45, 7) is 0.579. The number of benzene rings is 2. The van der Waals surface area contributed by atoms with E-state index in [9.17, 15) is 0 Å². The number of nitrogens with one attached hydrogen (secondary N) is 2. The molecule has 0 spiro atoms. The standard InChI is InChI=1S/C19H15ClN4/c20-15-7-3-1-6-14(15)12-22-19-21-10-9-17(24-19)18-11-13-5-2-4-8-16(13)23-18/h1-11,23H,12H2,(H,21,22,24). The number of rotatable bonds is 4. The Bertz CT molecular complexity index is 960. The molecule has 4 nitrogen and oxygen atoms in total. The number of nitrogens with zero attached hydrogens (tertiary/aromatic N) is 2. The van der Waals surface area contributed by atoms with Gasteiger partial charge in [0.05, 0.1) is 11.4 Å². The van der Waals surface area contributed by atoms with Gasteiger partial charge in [-0.3, -0.25) is 0 Å². The van der Waals surface area contributed by atoms with Crippen molar-refractivity contribution in [1.82, 2.24) is 15.0 Å². The van der Waals surface area contributed by atoms with E-state index in [1.54, 1.807) is 6.20 Å². The van der Waals surface area contributed by atoms with Crippen LogP contribution in [0.15, 0.2) is 66.9 Å². The van der Waals surface area contributed by atoms with E-state index < -0.39 is 0 Å². The third-order valence-corrected chi connectivity index (χ3v) is 4.23. The molecule has 2 aromatic heterocycles. The molecule has 0 aliphatic rings. The lowest BCUT2D eigenvalue weighted by Crippen LogP contribution is -2.04. The van der Waals surface area contributed by atoms with Crippen LogP contribution < -0.4 is 5.32 Å². The zero-order valence-corrected chi connectivity index (χ0v) is 13.6. The fourth-order valence-electron chi connectivity index (χ4n) is 2.62. The molecule has 0 unspecified atom stereocenters. The smallest absolute Gasteiger partial charge is 0.223 e. The molecular formula is C19H15ClN4. The first-order valence-electron chi connectivity index (χ1n) is 7.68. The van der Waals surface area contributed by atoms with Crippen LogP contribution in [0.2, 0.25) is 5.02 Å². The summed E-state index contributed by atoms with van der Waals surface area (Å²) >= 11 is 6.18. The molecule has 24 heavy (non-hydrogen) atoms. The van der Waals surface area contributed by atoms with Gasteiger partial charge in [-0.15, -0.1) is 0 Å². The van der Waals surface area contributed by atoms with Crippen molar-refractivity contribution in [2.75, 3.05) is 5.32 Å². The molecule has 0 fully saturated rings. The minimum atomic E-state index is 0.575. The van der Waals surface area contributed by atoms with Crippen molar-refractivity contribution in [3.8, 4) is 11.4 Å². The van der Waals surface area contributed by atoms with Crippen molar-refractivity contribution in [1.29, 1.82) is 0 Å². The Balaban J connectivity index is 1.58. The Morgan fingerprint density at radius 2 is 1.83 bits per heavy atom. The van der Waals surface area contributed by atoms with Crippen LogP contribution in [-0.2, 0) is 6.54 Å². The Kier molecular flexibility index (Phi) is 3.89. The maximum Gasteiger partial charge on any atom is 0.223 e. The maximum atomic E-state index is 6.18. The zero-order chi connectivity index (χ0) is 16.4. The van der Waals surface area contributed by atoms with Crippen LogP contribution in [0.5, 0.6) is 0 Å². The van der Waals surface area contributed by atoms with Gasteiger partial charge in [0.15, 0.2) is 0 Å². The van der Waals surface area contributed by atoms with E-state index in [4.69, 9.17) is 11.6 Å². The van der Waals surface area contributed by atoms with Gasteiger partial charge in [-0.1, -0.05) is 48.0 Å². The Hall–Kier alpha value is -2.85. The molecule has 4 aromatic rings. The number of para-hydroxylation sites is 1. The van der Waals surface area contributed by atoms with Crippen LogP contribution in [0.3, 0.4) is 0 Å². The van der Waals surface area contributed by atoms with E-state index in [1.807, 2.05) is 42.5 Å². The molecule has 0 bridgehead atoms. The van der Waals surface area contributed by atoms with E-state index in [0.29, 0.717) is 12.5 Å². The van der Waals surface area contributed by atoms with Gasteiger partial charge in [0.1, 0.15) is 0 Å². The van der Waals surface area contributed by atoms with E-state index in [-0.39, 0.29) is 0 Å². The number of aromatic nitrogens is 3. The van der Waals surface area contributed by atoms with E-state index in [0.717, 1.165) is 32.9 Å². The number of hydrogen-bond acceptors (Lipinski definition) is 3. The summed E-state index contributed by atoms with van der Waals surface area (Å²) in [5.74, 6) is 0.575. The fourth-order valence-corrected chi connectivity index (χ4v) is 2.82. The second-order valence-electron chi connectivity index (χ2n) is 5.48. The van der Waals surface area contributed by atoms with Gasteiger partial charge in [-0.25, -0.2) is 9.97 Å². The highest BCUT2D eigenvalue weighted by Gasteiger charge is 2.06. The predicted molar refractivity (Wildman–Crippen MR) is 98.1 cm³/mol.